The second-order valence-electron chi connectivity index (χ2n) is 5.26. The third kappa shape index (κ3) is 1.93. The van der Waals surface area contributed by atoms with Gasteiger partial charge in [0.15, 0.2) is 0 Å². The molecule has 0 N–H and O–H groups in total. The minimum absolute atomic E-state index is 0.374. The minimum atomic E-state index is 0.374. The average Bonchev–Trinajstić information content (AvgIpc) is 2.81. The molecular formula is C13H18N2OS. The first-order valence-electron chi connectivity index (χ1n) is 6.36. The molecule has 3 unspecified atom stereocenters. The predicted molar refractivity (Wildman–Crippen MR) is 68.2 cm³/mol. The van der Waals surface area contributed by atoms with Gasteiger partial charge >= 0.3 is 0 Å². The van der Waals surface area contributed by atoms with Crippen LogP contribution in [0.25, 0.3) is 0 Å². The van der Waals surface area contributed by atoms with Gasteiger partial charge in [0.25, 0.3) is 0 Å². The van der Waals surface area contributed by atoms with Crippen LogP contribution in [0.5, 0.6) is 0 Å². The van der Waals surface area contributed by atoms with Gasteiger partial charge in [0, 0.05) is 36.0 Å². The van der Waals surface area contributed by atoms with Crippen LogP contribution in [-0.2, 0) is 4.79 Å². The highest BCUT2D eigenvalue weighted by Gasteiger charge is 2.43. The van der Waals surface area contributed by atoms with Crippen molar-refractivity contribution < 1.29 is 4.79 Å². The van der Waals surface area contributed by atoms with Gasteiger partial charge in [0.2, 0.25) is 0 Å². The van der Waals surface area contributed by atoms with E-state index >= 15 is 0 Å². The maximum Gasteiger partial charge on any atom is 0.136 e. The molecule has 3 nitrogen and oxygen atoms in total. The second kappa shape index (κ2) is 4.18. The lowest BCUT2D eigenvalue weighted by molar-refractivity contribution is -0.124. The van der Waals surface area contributed by atoms with Crippen molar-refractivity contribution in [2.75, 3.05) is 0 Å². The molecule has 4 heteroatoms. The van der Waals surface area contributed by atoms with E-state index in [2.05, 4.69) is 23.7 Å². The first kappa shape index (κ1) is 11.4. The Hall–Kier alpha value is -0.740. The topological polar surface area (TPSA) is 33.2 Å². The van der Waals surface area contributed by atoms with Crippen molar-refractivity contribution in [3.8, 4) is 0 Å². The molecule has 0 aromatic carbocycles. The number of carbonyl (C=O) groups excluding carboxylic acids is 1. The van der Waals surface area contributed by atoms with Crippen LogP contribution in [0.1, 0.15) is 48.5 Å². The number of hydrogen-bond donors (Lipinski definition) is 0. The molecule has 17 heavy (non-hydrogen) atoms. The van der Waals surface area contributed by atoms with Crippen LogP contribution in [0, 0.1) is 6.92 Å². The average molecular weight is 250 g/mol. The lowest BCUT2D eigenvalue weighted by Gasteiger charge is -2.37. The van der Waals surface area contributed by atoms with Gasteiger partial charge in [0.1, 0.15) is 10.8 Å². The van der Waals surface area contributed by atoms with Crippen LogP contribution < -0.4 is 0 Å². The van der Waals surface area contributed by atoms with Crippen LogP contribution in [0.4, 0.5) is 0 Å². The maximum atomic E-state index is 11.6. The maximum absolute atomic E-state index is 11.6. The van der Waals surface area contributed by atoms with Crippen molar-refractivity contribution in [1.82, 2.24) is 9.88 Å². The van der Waals surface area contributed by atoms with Crippen LogP contribution in [-0.4, -0.2) is 27.8 Å². The Kier molecular flexibility index (Phi) is 2.79. The number of ketones is 1. The third-order valence-electron chi connectivity index (χ3n) is 4.05. The van der Waals surface area contributed by atoms with Gasteiger partial charge in [-0.05, 0) is 26.7 Å². The molecule has 0 amide bonds. The molecule has 1 aromatic rings. The molecule has 0 spiro atoms. The van der Waals surface area contributed by atoms with Crippen LogP contribution in [0.3, 0.4) is 0 Å². The van der Waals surface area contributed by atoms with Gasteiger partial charge in [-0.25, -0.2) is 4.98 Å². The molecule has 2 aliphatic rings. The zero-order valence-electron chi connectivity index (χ0n) is 10.3. The van der Waals surface area contributed by atoms with Crippen LogP contribution in [0.2, 0.25) is 0 Å². The van der Waals surface area contributed by atoms with Crippen molar-refractivity contribution in [2.24, 2.45) is 0 Å². The highest BCUT2D eigenvalue weighted by atomic mass is 32.1. The number of nitrogens with zero attached hydrogens (tertiary/aromatic N) is 2. The summed E-state index contributed by atoms with van der Waals surface area (Å²) in [4.78, 5) is 19.9. The smallest absolute Gasteiger partial charge is 0.136 e. The van der Waals surface area contributed by atoms with Crippen molar-refractivity contribution in [3.63, 3.8) is 0 Å². The van der Waals surface area contributed by atoms with E-state index in [1.54, 1.807) is 11.3 Å². The zero-order valence-corrected chi connectivity index (χ0v) is 11.2. The number of rotatable bonds is 2. The molecule has 2 saturated heterocycles. The van der Waals surface area contributed by atoms with Gasteiger partial charge in [-0.15, -0.1) is 11.3 Å². The van der Waals surface area contributed by atoms with Crippen molar-refractivity contribution in [1.29, 1.82) is 0 Å². The number of carbonyl (C=O) groups is 1. The van der Waals surface area contributed by atoms with Gasteiger partial charge in [-0.3, -0.25) is 9.69 Å². The molecule has 0 aliphatic carbocycles. The van der Waals surface area contributed by atoms with E-state index in [0.717, 1.165) is 12.8 Å². The Morgan fingerprint density at radius 3 is 2.59 bits per heavy atom. The Bertz CT molecular complexity index is 426. The summed E-state index contributed by atoms with van der Waals surface area (Å²) in [6, 6.07) is 1.32. The first-order chi connectivity index (χ1) is 8.15. The summed E-state index contributed by atoms with van der Waals surface area (Å²) in [7, 11) is 0. The minimum Gasteiger partial charge on any atom is -0.300 e. The molecule has 0 radical (unpaired) electrons. The zero-order chi connectivity index (χ0) is 12.0. The number of aryl methyl sites for hydroxylation is 1. The molecule has 1 aromatic heterocycles. The van der Waals surface area contributed by atoms with Crippen LogP contribution >= 0.6 is 11.3 Å². The molecule has 2 bridgehead atoms. The lowest BCUT2D eigenvalue weighted by atomic mass is 9.99. The van der Waals surface area contributed by atoms with Gasteiger partial charge in [0.05, 0.1) is 6.04 Å². The van der Waals surface area contributed by atoms with Crippen molar-refractivity contribution >= 4 is 17.1 Å². The quantitative estimate of drug-likeness (QED) is 0.809. The fourth-order valence-electron chi connectivity index (χ4n) is 3.33. The number of hydrogen-bond acceptors (Lipinski definition) is 4. The normalized spacial score (nSPS) is 30.8. The summed E-state index contributed by atoms with van der Waals surface area (Å²) in [5.41, 5.74) is 0. The van der Waals surface area contributed by atoms with E-state index in [0.29, 0.717) is 23.9 Å². The molecule has 3 atom stereocenters. The monoisotopic (exact) mass is 250 g/mol. The van der Waals surface area contributed by atoms with Crippen molar-refractivity contribution in [3.05, 3.63) is 16.1 Å². The van der Waals surface area contributed by atoms with E-state index < -0.39 is 0 Å². The van der Waals surface area contributed by atoms with E-state index in [1.807, 2.05) is 6.20 Å². The Labute approximate surface area is 106 Å². The van der Waals surface area contributed by atoms with E-state index in [4.69, 9.17) is 0 Å². The molecule has 3 heterocycles. The van der Waals surface area contributed by atoms with E-state index in [9.17, 15) is 4.79 Å². The summed E-state index contributed by atoms with van der Waals surface area (Å²) in [6.45, 7) is 4.33. The second-order valence-corrected chi connectivity index (χ2v) is 6.53. The van der Waals surface area contributed by atoms with Gasteiger partial charge < -0.3 is 0 Å². The molecule has 3 rings (SSSR count). The Balaban J connectivity index is 1.83. The third-order valence-corrected chi connectivity index (χ3v) is 5.13. The summed E-state index contributed by atoms with van der Waals surface area (Å²) >= 11 is 1.78. The van der Waals surface area contributed by atoms with Gasteiger partial charge in [-0.1, -0.05) is 0 Å². The highest BCUT2D eigenvalue weighted by molar-refractivity contribution is 7.11. The standard InChI is InChI=1S/C13H18N2OS/c1-8-7-14-13(17-8)9(2)15-10-3-4-11(15)6-12(16)5-10/h7,9-11H,3-6H2,1-2H3. The lowest BCUT2D eigenvalue weighted by Crippen LogP contribution is -2.44. The molecule has 2 aliphatic heterocycles. The predicted octanol–water partition coefficient (Wildman–Crippen LogP) is 2.71. The Morgan fingerprint density at radius 2 is 2.06 bits per heavy atom. The number of thiazole rings is 1. The Morgan fingerprint density at radius 1 is 1.41 bits per heavy atom. The van der Waals surface area contributed by atoms with E-state index in [1.165, 1.54) is 22.7 Å². The SMILES string of the molecule is Cc1cnc(C(C)N2C3CCC2CC(=O)C3)s1. The summed E-state index contributed by atoms with van der Waals surface area (Å²) < 4.78 is 0. The number of Topliss-reactive ketones (excluding diaryl/α,β-unsaturated/α-hetero) is 1. The molecular weight excluding hydrogens is 232 g/mol. The molecule has 2 fully saturated rings. The summed E-state index contributed by atoms with van der Waals surface area (Å²) in [5.74, 6) is 0.455. The number of fused-ring (bicyclic) bond motifs is 2. The first-order valence-corrected chi connectivity index (χ1v) is 7.18. The van der Waals surface area contributed by atoms with Crippen LogP contribution in [0.15, 0.2) is 6.20 Å². The van der Waals surface area contributed by atoms with Crippen molar-refractivity contribution in [2.45, 2.75) is 57.7 Å². The summed E-state index contributed by atoms with van der Waals surface area (Å²) in [6.07, 6.45) is 5.83. The van der Waals surface area contributed by atoms with E-state index in [-0.39, 0.29) is 0 Å². The summed E-state index contributed by atoms with van der Waals surface area (Å²) in [5, 5.41) is 1.20. The largest absolute Gasteiger partial charge is 0.300 e. The fraction of sp³-hybridized carbons (Fsp3) is 0.692. The van der Waals surface area contributed by atoms with Gasteiger partial charge in [-0.2, -0.15) is 0 Å². The molecule has 0 saturated carbocycles. The fourth-order valence-corrected chi connectivity index (χ4v) is 4.16. The highest BCUT2D eigenvalue weighted by Crippen LogP contribution is 2.40. The number of aromatic nitrogens is 1. The molecule has 92 valence electrons. The number of piperidine rings is 1.